The third-order valence-corrected chi connectivity index (χ3v) is 3.56. The summed E-state index contributed by atoms with van der Waals surface area (Å²) in [6.45, 7) is 0.205. The van der Waals surface area contributed by atoms with Gasteiger partial charge in [0.15, 0.2) is 12.5 Å². The smallest absolute Gasteiger partial charge is 0.351 e. The fourth-order valence-electron chi connectivity index (χ4n) is 2.33. The van der Waals surface area contributed by atoms with Crippen LogP contribution in [0, 0.1) is 0 Å². The number of ether oxygens (including phenoxy) is 2. The average molecular weight is 346 g/mol. The van der Waals surface area contributed by atoms with E-state index in [0.29, 0.717) is 6.54 Å². The Morgan fingerprint density at radius 3 is 2.80 bits per heavy atom. The van der Waals surface area contributed by atoms with Crippen molar-refractivity contribution in [1.82, 2.24) is 14.9 Å². The Bertz CT molecular complexity index is 780. The lowest BCUT2D eigenvalue weighted by atomic mass is 10.2. The normalized spacial score (nSPS) is 19.6. The van der Waals surface area contributed by atoms with Gasteiger partial charge in [0.2, 0.25) is 0 Å². The maximum Gasteiger partial charge on any atom is 0.351 e. The van der Waals surface area contributed by atoms with E-state index in [0.717, 1.165) is 5.56 Å². The molecule has 1 saturated heterocycles. The van der Waals surface area contributed by atoms with Gasteiger partial charge in [-0.25, -0.2) is 9.59 Å². The van der Waals surface area contributed by atoms with Crippen LogP contribution in [0.25, 0.3) is 0 Å². The number of nitrogens with zero attached hydrogens (tertiary/aromatic N) is 2. The molecule has 1 aliphatic heterocycles. The Kier molecular flexibility index (Phi) is 5.39. The van der Waals surface area contributed by atoms with Gasteiger partial charge >= 0.3 is 11.7 Å². The van der Waals surface area contributed by atoms with Gasteiger partial charge in [0.05, 0.1) is 13.2 Å². The summed E-state index contributed by atoms with van der Waals surface area (Å²) in [5.74, 6) is 0.129. The molecule has 0 bridgehead atoms. The van der Waals surface area contributed by atoms with Gasteiger partial charge in [-0.1, -0.05) is 30.3 Å². The number of anilines is 1. The number of aromatic nitrogens is 2. The summed E-state index contributed by atoms with van der Waals surface area (Å²) in [7, 11) is 0. The standard InChI is InChI=1S/C16H18N4O5/c21-9-14-24-10-13(25-14)20-7-6-12(19-16(20)23)18-15(22)17-8-11-4-2-1-3-5-11/h1-7,13-14,21H,8-10H2,(H2,17,18,19,22,23). The molecule has 2 heterocycles. The van der Waals surface area contributed by atoms with Gasteiger partial charge in [-0.05, 0) is 11.6 Å². The number of hydrogen-bond acceptors (Lipinski definition) is 6. The van der Waals surface area contributed by atoms with E-state index in [1.807, 2.05) is 30.3 Å². The topological polar surface area (TPSA) is 115 Å². The molecule has 0 aliphatic carbocycles. The molecule has 9 heteroatoms. The Balaban J connectivity index is 1.57. The molecule has 1 aromatic carbocycles. The van der Waals surface area contributed by atoms with Crippen molar-refractivity contribution in [3.8, 4) is 0 Å². The van der Waals surface area contributed by atoms with E-state index in [9.17, 15) is 9.59 Å². The van der Waals surface area contributed by atoms with Gasteiger partial charge < -0.3 is 19.9 Å². The lowest BCUT2D eigenvalue weighted by molar-refractivity contribution is -0.0992. The predicted octanol–water partition coefficient (Wildman–Crippen LogP) is 0.429. The van der Waals surface area contributed by atoms with Gasteiger partial charge in [-0.15, -0.1) is 0 Å². The maximum atomic E-state index is 12.1. The van der Waals surface area contributed by atoms with Crippen molar-refractivity contribution in [2.75, 3.05) is 18.5 Å². The van der Waals surface area contributed by atoms with E-state index in [2.05, 4.69) is 15.6 Å². The molecule has 2 atom stereocenters. The predicted molar refractivity (Wildman–Crippen MR) is 87.7 cm³/mol. The van der Waals surface area contributed by atoms with Gasteiger partial charge in [0.1, 0.15) is 5.82 Å². The zero-order valence-corrected chi connectivity index (χ0v) is 13.3. The fraction of sp³-hybridized carbons (Fsp3) is 0.312. The van der Waals surface area contributed by atoms with Crippen LogP contribution >= 0.6 is 0 Å². The Hall–Kier alpha value is -2.75. The monoisotopic (exact) mass is 346 g/mol. The minimum Gasteiger partial charge on any atom is -0.391 e. The SMILES string of the molecule is O=C(NCc1ccccc1)Nc1ccn(C2COC(CO)O2)c(=O)n1. The molecule has 2 amide bonds. The molecular weight excluding hydrogens is 328 g/mol. The number of rotatable bonds is 5. The summed E-state index contributed by atoms with van der Waals surface area (Å²) >= 11 is 0. The van der Waals surface area contributed by atoms with Gasteiger partial charge in [-0.2, -0.15) is 4.98 Å². The molecule has 9 nitrogen and oxygen atoms in total. The molecule has 0 spiro atoms. The minimum atomic E-state index is -0.751. The van der Waals surface area contributed by atoms with Crippen LogP contribution in [0.1, 0.15) is 11.8 Å². The molecule has 2 unspecified atom stereocenters. The highest BCUT2D eigenvalue weighted by Crippen LogP contribution is 2.19. The van der Waals surface area contributed by atoms with Crippen LogP contribution in [0.4, 0.5) is 10.6 Å². The van der Waals surface area contributed by atoms with E-state index in [-0.39, 0.29) is 19.0 Å². The molecule has 1 aliphatic rings. The third-order valence-electron chi connectivity index (χ3n) is 3.56. The number of amides is 2. The Morgan fingerprint density at radius 2 is 2.12 bits per heavy atom. The van der Waals surface area contributed by atoms with Gasteiger partial charge in [0.25, 0.3) is 0 Å². The van der Waals surface area contributed by atoms with Crippen molar-refractivity contribution in [3.63, 3.8) is 0 Å². The summed E-state index contributed by atoms with van der Waals surface area (Å²) in [6.07, 6.45) is 0.0483. The number of aliphatic hydroxyl groups is 1. The molecule has 1 fully saturated rings. The first-order valence-corrected chi connectivity index (χ1v) is 7.71. The number of benzene rings is 1. The number of hydrogen-bond donors (Lipinski definition) is 3. The molecule has 0 saturated carbocycles. The molecule has 132 valence electrons. The second kappa shape index (κ2) is 7.88. The van der Waals surface area contributed by atoms with Crippen LogP contribution in [-0.2, 0) is 16.0 Å². The first kappa shape index (κ1) is 17.1. The minimum absolute atomic E-state index is 0.129. The van der Waals surface area contributed by atoms with Crippen LogP contribution in [0.3, 0.4) is 0 Å². The second-order valence-electron chi connectivity index (χ2n) is 5.33. The van der Waals surface area contributed by atoms with Crippen LogP contribution in [0.2, 0.25) is 0 Å². The van der Waals surface area contributed by atoms with E-state index < -0.39 is 24.2 Å². The van der Waals surface area contributed by atoms with E-state index in [4.69, 9.17) is 14.6 Å². The molecular formula is C16H18N4O5. The van der Waals surface area contributed by atoms with Crippen molar-refractivity contribution in [3.05, 3.63) is 58.6 Å². The number of nitrogens with one attached hydrogen (secondary N) is 2. The largest absolute Gasteiger partial charge is 0.391 e. The highest BCUT2D eigenvalue weighted by Gasteiger charge is 2.27. The zero-order chi connectivity index (χ0) is 17.6. The number of carbonyl (C=O) groups is 1. The molecule has 2 aromatic rings. The number of urea groups is 1. The Morgan fingerprint density at radius 1 is 1.32 bits per heavy atom. The quantitative estimate of drug-likeness (QED) is 0.723. The zero-order valence-electron chi connectivity index (χ0n) is 13.3. The van der Waals surface area contributed by atoms with Crippen LogP contribution in [-0.4, -0.2) is 40.2 Å². The van der Waals surface area contributed by atoms with Crippen LogP contribution in [0.5, 0.6) is 0 Å². The lowest BCUT2D eigenvalue weighted by Gasteiger charge is -2.13. The van der Waals surface area contributed by atoms with Gasteiger partial charge in [-0.3, -0.25) is 9.88 Å². The van der Waals surface area contributed by atoms with Crippen molar-refractivity contribution in [1.29, 1.82) is 0 Å². The average Bonchev–Trinajstić information content (AvgIpc) is 3.10. The van der Waals surface area contributed by atoms with Crippen molar-refractivity contribution in [2.45, 2.75) is 19.1 Å². The molecule has 1 aromatic heterocycles. The fourth-order valence-corrected chi connectivity index (χ4v) is 2.33. The van der Waals surface area contributed by atoms with E-state index in [1.165, 1.54) is 16.8 Å². The second-order valence-corrected chi connectivity index (χ2v) is 5.33. The Labute approximate surface area is 143 Å². The highest BCUT2D eigenvalue weighted by molar-refractivity contribution is 5.88. The summed E-state index contributed by atoms with van der Waals surface area (Å²) in [6, 6.07) is 10.5. The van der Waals surface area contributed by atoms with E-state index in [1.54, 1.807) is 0 Å². The molecule has 3 N–H and O–H groups in total. The first-order valence-electron chi connectivity index (χ1n) is 7.71. The maximum absolute atomic E-state index is 12.1. The number of aliphatic hydroxyl groups excluding tert-OH is 1. The summed E-state index contributed by atoms with van der Waals surface area (Å²) in [5, 5.41) is 14.2. The molecule has 3 rings (SSSR count). The van der Waals surface area contributed by atoms with Crippen LogP contribution < -0.4 is 16.3 Å². The van der Waals surface area contributed by atoms with Crippen molar-refractivity contribution < 1.29 is 19.4 Å². The first-order chi connectivity index (χ1) is 12.2. The van der Waals surface area contributed by atoms with Crippen molar-refractivity contribution >= 4 is 11.8 Å². The summed E-state index contributed by atoms with van der Waals surface area (Å²) in [5.41, 5.74) is 0.367. The van der Waals surface area contributed by atoms with Crippen molar-refractivity contribution in [2.24, 2.45) is 0 Å². The lowest BCUT2D eigenvalue weighted by Crippen LogP contribution is -2.32. The third kappa shape index (κ3) is 4.41. The highest BCUT2D eigenvalue weighted by atomic mass is 16.7. The number of carbonyl (C=O) groups excluding carboxylic acids is 1. The molecule has 0 radical (unpaired) electrons. The van der Waals surface area contributed by atoms with Gasteiger partial charge in [0, 0.05) is 12.7 Å². The summed E-state index contributed by atoms with van der Waals surface area (Å²) < 4.78 is 11.7. The van der Waals surface area contributed by atoms with E-state index >= 15 is 0 Å². The molecule has 25 heavy (non-hydrogen) atoms. The van der Waals surface area contributed by atoms with Crippen LogP contribution in [0.15, 0.2) is 47.4 Å². The summed E-state index contributed by atoms with van der Waals surface area (Å²) in [4.78, 5) is 27.7.